The van der Waals surface area contributed by atoms with Crippen LogP contribution in [0, 0.1) is 0 Å². The number of nitrogens with two attached hydrogens (primary N) is 1. The SMILES string of the molecule is C/C=C/Cn1c(=O)c2c(nc3n2[C@H](C)C(C)=NN3CC(N)=O)n(C)c1=O. The van der Waals surface area contributed by atoms with Crippen LogP contribution in [0.1, 0.15) is 26.8 Å². The maximum atomic E-state index is 13.0. The van der Waals surface area contributed by atoms with Gasteiger partial charge in [0.05, 0.1) is 11.8 Å². The maximum Gasteiger partial charge on any atom is 0.332 e. The van der Waals surface area contributed by atoms with Crippen LogP contribution >= 0.6 is 0 Å². The quantitative estimate of drug-likeness (QED) is 0.752. The van der Waals surface area contributed by atoms with Crippen LogP contribution < -0.4 is 22.0 Å². The van der Waals surface area contributed by atoms with Gasteiger partial charge in [-0.2, -0.15) is 10.1 Å². The number of fused-ring (bicyclic) bond motifs is 3. The van der Waals surface area contributed by atoms with Crippen LogP contribution in [0.3, 0.4) is 0 Å². The number of carbonyl (C=O) groups excluding carboxylic acids is 1. The van der Waals surface area contributed by atoms with Crippen LogP contribution in [-0.2, 0) is 18.4 Å². The maximum absolute atomic E-state index is 13.0. The topological polar surface area (TPSA) is 121 Å². The third-order valence-electron chi connectivity index (χ3n) is 4.49. The Kier molecular flexibility index (Phi) is 4.26. The Hall–Kier alpha value is -3.17. The highest BCUT2D eigenvalue weighted by Crippen LogP contribution is 2.29. The highest BCUT2D eigenvalue weighted by molar-refractivity contribution is 5.92. The van der Waals surface area contributed by atoms with Crippen molar-refractivity contribution in [2.45, 2.75) is 33.4 Å². The van der Waals surface area contributed by atoms with Crippen LogP contribution in [-0.4, -0.2) is 36.8 Å². The van der Waals surface area contributed by atoms with Crippen molar-refractivity contribution < 1.29 is 4.79 Å². The molecule has 0 saturated heterocycles. The fourth-order valence-electron chi connectivity index (χ4n) is 3.01. The predicted molar refractivity (Wildman–Crippen MR) is 98.4 cm³/mol. The number of hydrogen-bond acceptors (Lipinski definition) is 6. The second kappa shape index (κ2) is 6.28. The molecule has 26 heavy (non-hydrogen) atoms. The second-order valence-electron chi connectivity index (χ2n) is 6.22. The van der Waals surface area contributed by atoms with Gasteiger partial charge < -0.3 is 5.73 Å². The van der Waals surface area contributed by atoms with E-state index in [0.29, 0.717) is 17.2 Å². The Morgan fingerprint density at radius 1 is 1.35 bits per heavy atom. The zero-order valence-electron chi connectivity index (χ0n) is 15.1. The molecular formula is C16H21N7O3. The van der Waals surface area contributed by atoms with Gasteiger partial charge in [0.1, 0.15) is 6.54 Å². The molecule has 3 heterocycles. The standard InChI is InChI=1S/C16H21N7O3/c1-5-6-7-21-14(25)12-13(20(4)16(21)26)18-15-22(8-11(17)24)19-9(2)10(3)23(12)15/h5-6,10H,7-8H2,1-4H3,(H2,17,24)/b6-5+/t10-/m1/s1. The van der Waals surface area contributed by atoms with E-state index in [0.717, 1.165) is 4.57 Å². The Bertz CT molecular complexity index is 1070. The Balaban J connectivity index is 2.38. The molecule has 0 saturated carbocycles. The second-order valence-corrected chi connectivity index (χ2v) is 6.22. The molecule has 0 fully saturated rings. The monoisotopic (exact) mass is 359 g/mol. The zero-order valence-corrected chi connectivity index (χ0v) is 15.1. The minimum absolute atomic E-state index is 0.172. The number of rotatable bonds is 4. The normalized spacial score (nSPS) is 17.0. The third-order valence-corrected chi connectivity index (χ3v) is 4.49. The van der Waals surface area contributed by atoms with Crippen LogP contribution in [0.4, 0.5) is 5.95 Å². The fourth-order valence-corrected chi connectivity index (χ4v) is 3.01. The lowest BCUT2D eigenvalue weighted by atomic mass is 10.2. The lowest BCUT2D eigenvalue weighted by Crippen LogP contribution is -2.40. The van der Waals surface area contributed by atoms with Crippen molar-refractivity contribution in [3.05, 3.63) is 33.0 Å². The van der Waals surface area contributed by atoms with Crippen molar-refractivity contribution in [2.75, 3.05) is 11.6 Å². The van der Waals surface area contributed by atoms with E-state index in [1.807, 2.05) is 13.8 Å². The van der Waals surface area contributed by atoms with Gasteiger partial charge in [-0.3, -0.25) is 23.3 Å². The summed E-state index contributed by atoms with van der Waals surface area (Å²) in [6, 6.07) is -0.250. The highest BCUT2D eigenvalue weighted by Gasteiger charge is 2.31. The van der Waals surface area contributed by atoms with Crippen molar-refractivity contribution >= 4 is 28.7 Å². The number of anilines is 1. The van der Waals surface area contributed by atoms with Crippen LogP contribution in [0.25, 0.3) is 11.2 Å². The minimum atomic E-state index is -0.575. The average Bonchev–Trinajstić information content (AvgIpc) is 2.98. The molecule has 0 spiro atoms. The summed E-state index contributed by atoms with van der Waals surface area (Å²) in [5, 5.41) is 5.71. The van der Waals surface area contributed by atoms with Gasteiger partial charge in [-0.25, -0.2) is 9.80 Å². The van der Waals surface area contributed by atoms with Gasteiger partial charge >= 0.3 is 5.69 Å². The summed E-state index contributed by atoms with van der Waals surface area (Å²) in [7, 11) is 1.56. The summed E-state index contributed by atoms with van der Waals surface area (Å²) in [6.45, 7) is 5.50. The number of hydrazone groups is 1. The molecule has 3 rings (SSSR count). The summed E-state index contributed by atoms with van der Waals surface area (Å²) >= 11 is 0. The molecule has 0 bridgehead atoms. The number of carbonyl (C=O) groups is 1. The number of nitrogens with zero attached hydrogens (tertiary/aromatic N) is 6. The van der Waals surface area contributed by atoms with E-state index in [1.165, 1.54) is 9.58 Å². The minimum Gasteiger partial charge on any atom is -0.368 e. The summed E-state index contributed by atoms with van der Waals surface area (Å²) in [6.07, 6.45) is 3.51. The van der Waals surface area contributed by atoms with Crippen molar-refractivity contribution in [1.82, 2.24) is 18.7 Å². The number of hydrogen-bond donors (Lipinski definition) is 1. The third kappa shape index (κ3) is 2.54. The Morgan fingerprint density at radius 2 is 2.04 bits per heavy atom. The first-order valence-corrected chi connectivity index (χ1v) is 8.21. The van der Waals surface area contributed by atoms with Crippen molar-refractivity contribution in [3.8, 4) is 0 Å². The zero-order chi connectivity index (χ0) is 19.2. The van der Waals surface area contributed by atoms with Gasteiger partial charge in [-0.1, -0.05) is 12.2 Å². The molecule has 1 atom stereocenters. The van der Waals surface area contributed by atoms with Crippen LogP contribution in [0.2, 0.25) is 0 Å². The molecule has 0 aliphatic carbocycles. The summed E-state index contributed by atoms with van der Waals surface area (Å²) in [4.78, 5) is 41.4. The van der Waals surface area contributed by atoms with E-state index in [2.05, 4.69) is 10.1 Å². The first kappa shape index (κ1) is 17.6. The van der Waals surface area contributed by atoms with E-state index in [1.54, 1.807) is 30.7 Å². The van der Waals surface area contributed by atoms with Gasteiger partial charge in [0, 0.05) is 13.6 Å². The van der Waals surface area contributed by atoms with E-state index < -0.39 is 17.2 Å². The van der Waals surface area contributed by atoms with E-state index in [-0.39, 0.29) is 24.8 Å². The van der Waals surface area contributed by atoms with Crippen molar-refractivity contribution in [1.29, 1.82) is 0 Å². The van der Waals surface area contributed by atoms with E-state index in [9.17, 15) is 14.4 Å². The highest BCUT2D eigenvalue weighted by atomic mass is 16.2. The molecular weight excluding hydrogens is 338 g/mol. The first-order valence-electron chi connectivity index (χ1n) is 8.21. The molecule has 2 N–H and O–H groups in total. The lowest BCUT2D eigenvalue weighted by molar-refractivity contribution is -0.116. The van der Waals surface area contributed by atoms with E-state index >= 15 is 0 Å². The predicted octanol–water partition coefficient (Wildman–Crippen LogP) is -0.285. The molecule has 10 heteroatoms. The molecule has 0 radical (unpaired) electrons. The summed E-state index contributed by atoms with van der Waals surface area (Å²) in [5.41, 5.74) is 5.66. The molecule has 10 nitrogen and oxygen atoms in total. The number of aryl methyl sites for hydroxylation is 1. The molecule has 1 amide bonds. The van der Waals surface area contributed by atoms with Crippen molar-refractivity contribution in [2.24, 2.45) is 17.9 Å². The molecule has 138 valence electrons. The summed E-state index contributed by atoms with van der Waals surface area (Å²) in [5.74, 6) is -0.262. The first-order chi connectivity index (χ1) is 12.3. The van der Waals surface area contributed by atoms with Gasteiger partial charge in [-0.15, -0.1) is 0 Å². The number of amides is 1. The molecule has 2 aromatic rings. The summed E-state index contributed by atoms with van der Waals surface area (Å²) < 4.78 is 4.19. The average molecular weight is 359 g/mol. The van der Waals surface area contributed by atoms with E-state index in [4.69, 9.17) is 5.73 Å². The number of aromatic nitrogens is 4. The fraction of sp³-hybridized carbons (Fsp3) is 0.438. The molecule has 2 aromatic heterocycles. The largest absolute Gasteiger partial charge is 0.368 e. The van der Waals surface area contributed by atoms with Crippen LogP contribution in [0.5, 0.6) is 0 Å². The smallest absolute Gasteiger partial charge is 0.332 e. The molecule has 0 unspecified atom stereocenters. The Morgan fingerprint density at radius 3 is 2.65 bits per heavy atom. The number of allylic oxidation sites excluding steroid dienone is 2. The molecule has 1 aliphatic heterocycles. The number of imidazole rings is 1. The van der Waals surface area contributed by atoms with Gasteiger partial charge in [0.2, 0.25) is 11.9 Å². The van der Waals surface area contributed by atoms with Crippen LogP contribution in [0.15, 0.2) is 26.8 Å². The Labute approximate surface area is 148 Å². The number of primary amides is 1. The van der Waals surface area contributed by atoms with Gasteiger partial charge in [-0.05, 0) is 20.8 Å². The molecule has 1 aliphatic rings. The lowest BCUT2D eigenvalue weighted by Gasteiger charge is -2.28. The van der Waals surface area contributed by atoms with Gasteiger partial charge in [0.15, 0.2) is 11.2 Å². The molecule has 0 aromatic carbocycles. The van der Waals surface area contributed by atoms with Gasteiger partial charge in [0.25, 0.3) is 5.56 Å². The van der Waals surface area contributed by atoms with Crippen molar-refractivity contribution in [3.63, 3.8) is 0 Å².